The van der Waals surface area contributed by atoms with Crippen molar-refractivity contribution in [3.63, 3.8) is 0 Å². The average Bonchev–Trinajstić information content (AvgIpc) is 3.19. The summed E-state index contributed by atoms with van der Waals surface area (Å²) >= 11 is 0. The zero-order chi connectivity index (χ0) is 22.8. The molecule has 1 aliphatic rings. The average molecular weight is 445 g/mol. The molecule has 3 heterocycles. The first-order valence-electron chi connectivity index (χ1n) is 10.4. The molecule has 0 aliphatic carbocycles. The lowest BCUT2D eigenvalue weighted by Gasteiger charge is -2.32. The lowest BCUT2D eigenvalue weighted by atomic mass is 9.92. The first kappa shape index (κ1) is 22.0. The Labute approximate surface area is 184 Å². The lowest BCUT2D eigenvalue weighted by Crippen LogP contribution is -2.40. The maximum Gasteiger partial charge on any atom is 0.264 e. The number of aromatic nitrogens is 2. The molecule has 0 bridgehead atoms. The minimum atomic E-state index is -2.66. The number of hydrogen-bond acceptors (Lipinski definition) is 6. The van der Waals surface area contributed by atoms with Crippen LogP contribution in [0.25, 0.3) is 11.1 Å². The zero-order valence-corrected chi connectivity index (χ0v) is 18.2. The fourth-order valence-electron chi connectivity index (χ4n) is 4.25. The highest BCUT2D eigenvalue weighted by molar-refractivity contribution is 5.81. The molecule has 2 aromatic heterocycles. The number of carbonyl (C=O) groups excluding carboxylic acids is 1. The molecule has 9 heteroatoms. The minimum Gasteiger partial charge on any atom is -0.493 e. The maximum absolute atomic E-state index is 13.7. The van der Waals surface area contributed by atoms with Crippen LogP contribution in [0.15, 0.2) is 28.8 Å². The molecule has 1 amide bonds. The monoisotopic (exact) mass is 445 g/mol. The van der Waals surface area contributed by atoms with Gasteiger partial charge in [-0.3, -0.25) is 4.79 Å². The van der Waals surface area contributed by atoms with Crippen LogP contribution in [0, 0.1) is 6.92 Å². The van der Waals surface area contributed by atoms with Crippen LogP contribution in [0.5, 0.6) is 11.5 Å². The van der Waals surface area contributed by atoms with Gasteiger partial charge in [0.25, 0.3) is 12.1 Å². The SMILES string of the molecule is COc1ccc(CC(=O)N2CCC[C@@H](c3cc(C(F)F)c4c(C)noc4n3)C2)cc1OC. The third kappa shape index (κ3) is 4.24. The Balaban J connectivity index is 1.53. The number of likely N-dealkylation sites (tertiary alicyclic amines) is 1. The van der Waals surface area contributed by atoms with Gasteiger partial charge in [0.15, 0.2) is 11.5 Å². The van der Waals surface area contributed by atoms with Crippen LogP contribution >= 0.6 is 0 Å². The largest absolute Gasteiger partial charge is 0.493 e. The van der Waals surface area contributed by atoms with E-state index in [1.54, 1.807) is 38.2 Å². The Hall–Kier alpha value is -3.23. The third-order valence-corrected chi connectivity index (χ3v) is 5.90. The van der Waals surface area contributed by atoms with Gasteiger partial charge in [-0.05, 0) is 43.5 Å². The number of carbonyl (C=O) groups is 1. The number of halogens is 2. The highest BCUT2D eigenvalue weighted by Gasteiger charge is 2.28. The summed E-state index contributed by atoms with van der Waals surface area (Å²) in [6, 6.07) is 6.82. The smallest absolute Gasteiger partial charge is 0.264 e. The minimum absolute atomic E-state index is 0.0346. The van der Waals surface area contributed by atoms with Gasteiger partial charge < -0.3 is 18.9 Å². The Kier molecular flexibility index (Phi) is 6.25. The van der Waals surface area contributed by atoms with Crippen LogP contribution in [-0.4, -0.2) is 48.3 Å². The molecule has 0 unspecified atom stereocenters. The second-order valence-corrected chi connectivity index (χ2v) is 7.93. The molecule has 7 nitrogen and oxygen atoms in total. The number of rotatable bonds is 6. The molecule has 0 N–H and O–H groups in total. The molecule has 1 atom stereocenters. The summed E-state index contributed by atoms with van der Waals surface area (Å²) in [5.74, 6) is 0.979. The molecule has 1 aromatic carbocycles. The highest BCUT2D eigenvalue weighted by atomic mass is 19.3. The second kappa shape index (κ2) is 9.10. The van der Waals surface area contributed by atoms with E-state index in [1.165, 1.54) is 6.07 Å². The summed E-state index contributed by atoms with van der Waals surface area (Å²) in [6.07, 6.45) is -0.928. The van der Waals surface area contributed by atoms with Crippen LogP contribution in [0.2, 0.25) is 0 Å². The zero-order valence-electron chi connectivity index (χ0n) is 18.2. The summed E-state index contributed by atoms with van der Waals surface area (Å²) in [7, 11) is 3.10. The Morgan fingerprint density at radius 1 is 1.25 bits per heavy atom. The summed E-state index contributed by atoms with van der Waals surface area (Å²) in [5.41, 5.74) is 1.70. The van der Waals surface area contributed by atoms with E-state index in [2.05, 4.69) is 10.1 Å². The van der Waals surface area contributed by atoms with Crippen LogP contribution < -0.4 is 9.47 Å². The van der Waals surface area contributed by atoms with Crippen molar-refractivity contribution in [3.8, 4) is 11.5 Å². The van der Waals surface area contributed by atoms with Crippen molar-refractivity contribution < 1.29 is 27.6 Å². The number of alkyl halides is 2. The van der Waals surface area contributed by atoms with Crippen molar-refractivity contribution in [2.24, 2.45) is 0 Å². The molecule has 1 aliphatic heterocycles. The van der Waals surface area contributed by atoms with Gasteiger partial charge in [-0.2, -0.15) is 0 Å². The van der Waals surface area contributed by atoms with Gasteiger partial charge in [-0.1, -0.05) is 11.2 Å². The number of amides is 1. The normalized spacial score (nSPS) is 16.6. The van der Waals surface area contributed by atoms with Crippen molar-refractivity contribution in [3.05, 3.63) is 46.8 Å². The lowest BCUT2D eigenvalue weighted by molar-refractivity contribution is -0.131. The van der Waals surface area contributed by atoms with E-state index < -0.39 is 6.43 Å². The van der Waals surface area contributed by atoms with Crippen LogP contribution in [0.1, 0.15) is 47.7 Å². The first-order chi connectivity index (χ1) is 15.4. The van der Waals surface area contributed by atoms with Crippen LogP contribution in [-0.2, 0) is 11.2 Å². The van der Waals surface area contributed by atoms with E-state index in [1.807, 2.05) is 6.07 Å². The van der Waals surface area contributed by atoms with Crippen LogP contribution in [0.4, 0.5) is 8.78 Å². The summed E-state index contributed by atoms with van der Waals surface area (Å²) in [6.45, 7) is 2.66. The summed E-state index contributed by atoms with van der Waals surface area (Å²) in [5, 5.41) is 4.05. The first-order valence-corrected chi connectivity index (χ1v) is 10.4. The number of benzene rings is 1. The number of ether oxygens (including phenoxy) is 2. The fourth-order valence-corrected chi connectivity index (χ4v) is 4.25. The van der Waals surface area contributed by atoms with Gasteiger partial charge in [0.05, 0.1) is 31.7 Å². The number of piperidine rings is 1. The number of fused-ring (bicyclic) bond motifs is 1. The van der Waals surface area contributed by atoms with E-state index in [0.717, 1.165) is 18.4 Å². The van der Waals surface area contributed by atoms with Crippen molar-refractivity contribution in [2.45, 2.75) is 38.5 Å². The third-order valence-electron chi connectivity index (χ3n) is 5.90. The molecule has 3 aromatic rings. The summed E-state index contributed by atoms with van der Waals surface area (Å²) in [4.78, 5) is 19.2. The quantitative estimate of drug-likeness (QED) is 0.559. The number of pyridine rings is 1. The van der Waals surface area contributed by atoms with Gasteiger partial charge in [0.1, 0.15) is 0 Å². The van der Waals surface area contributed by atoms with Crippen molar-refractivity contribution in [1.29, 1.82) is 0 Å². The fraction of sp³-hybridized carbons (Fsp3) is 0.435. The van der Waals surface area contributed by atoms with Gasteiger partial charge in [0, 0.05) is 30.3 Å². The molecule has 0 radical (unpaired) electrons. The predicted molar refractivity (Wildman–Crippen MR) is 113 cm³/mol. The predicted octanol–water partition coefficient (Wildman–Crippen LogP) is 4.43. The number of aryl methyl sites for hydroxylation is 1. The number of methoxy groups -OCH3 is 2. The maximum atomic E-state index is 13.7. The standard InChI is InChI=1S/C23H25F2N3O4/c1-13-21-16(22(24)25)11-17(26-23(21)32-27-13)15-5-4-8-28(12-15)20(29)10-14-6-7-18(30-2)19(9-14)31-3/h6-7,9,11,15,22H,4-5,8,10,12H2,1-3H3/t15-/m1/s1. The molecule has 170 valence electrons. The van der Waals surface area contributed by atoms with E-state index >= 15 is 0 Å². The van der Waals surface area contributed by atoms with Gasteiger partial charge in [0.2, 0.25) is 5.91 Å². The van der Waals surface area contributed by atoms with E-state index in [4.69, 9.17) is 14.0 Å². The topological polar surface area (TPSA) is 77.7 Å². The molecule has 4 rings (SSSR count). The van der Waals surface area contributed by atoms with E-state index in [0.29, 0.717) is 36.0 Å². The highest BCUT2D eigenvalue weighted by Crippen LogP contribution is 2.34. The van der Waals surface area contributed by atoms with Gasteiger partial charge in [-0.15, -0.1) is 0 Å². The van der Waals surface area contributed by atoms with Gasteiger partial charge >= 0.3 is 0 Å². The Morgan fingerprint density at radius 2 is 2.03 bits per heavy atom. The Morgan fingerprint density at radius 3 is 2.75 bits per heavy atom. The molecule has 1 fully saturated rings. The van der Waals surface area contributed by atoms with Crippen molar-refractivity contribution in [1.82, 2.24) is 15.0 Å². The van der Waals surface area contributed by atoms with Crippen molar-refractivity contribution in [2.75, 3.05) is 27.3 Å². The van der Waals surface area contributed by atoms with E-state index in [9.17, 15) is 13.6 Å². The molecular formula is C23H25F2N3O4. The van der Waals surface area contributed by atoms with Gasteiger partial charge in [-0.25, -0.2) is 13.8 Å². The number of hydrogen-bond donors (Lipinski definition) is 0. The second-order valence-electron chi connectivity index (χ2n) is 7.93. The molecule has 1 saturated heterocycles. The van der Waals surface area contributed by atoms with Crippen molar-refractivity contribution >= 4 is 17.0 Å². The molecule has 0 spiro atoms. The summed E-state index contributed by atoms with van der Waals surface area (Å²) < 4.78 is 43.1. The van der Waals surface area contributed by atoms with Crippen LogP contribution in [0.3, 0.4) is 0 Å². The molecule has 32 heavy (non-hydrogen) atoms. The molecule has 0 saturated carbocycles. The Bertz CT molecular complexity index is 1130. The number of nitrogens with zero attached hydrogens (tertiary/aromatic N) is 3. The molecular weight excluding hydrogens is 420 g/mol. The van der Waals surface area contributed by atoms with E-state index in [-0.39, 0.29) is 34.9 Å².